The maximum absolute atomic E-state index is 13.9. The summed E-state index contributed by atoms with van der Waals surface area (Å²) in [4.78, 5) is 34.8. The number of carboxylic acid groups (broad SMARTS) is 1. The Morgan fingerprint density at radius 2 is 1.77 bits per heavy atom. The summed E-state index contributed by atoms with van der Waals surface area (Å²) in [5.41, 5.74) is 0.891. The largest absolute Gasteiger partial charge is 0.477 e. The molecule has 1 aromatic carbocycles. The van der Waals surface area contributed by atoms with Crippen LogP contribution in [0.2, 0.25) is 0 Å². The Balaban J connectivity index is 1.33. The molecule has 228 valence electrons. The van der Waals surface area contributed by atoms with Gasteiger partial charge in [-0.2, -0.15) is 4.31 Å². The number of aromatic nitrogens is 1. The molecule has 43 heavy (non-hydrogen) atoms. The lowest BCUT2D eigenvalue weighted by molar-refractivity contribution is -0.121. The number of sulfonamides is 1. The zero-order chi connectivity index (χ0) is 30.1. The van der Waals surface area contributed by atoms with E-state index in [1.54, 1.807) is 24.3 Å². The van der Waals surface area contributed by atoms with E-state index in [-0.39, 0.29) is 27.9 Å². The van der Waals surface area contributed by atoms with Crippen molar-refractivity contribution in [3.8, 4) is 10.4 Å². The van der Waals surface area contributed by atoms with Gasteiger partial charge in [0.15, 0.2) is 0 Å². The van der Waals surface area contributed by atoms with E-state index in [1.165, 1.54) is 33.6 Å². The highest BCUT2D eigenvalue weighted by Crippen LogP contribution is 2.42. The Morgan fingerprint density at radius 1 is 1.05 bits per heavy atom. The minimum absolute atomic E-state index is 0.00677. The predicted molar refractivity (Wildman–Crippen MR) is 161 cm³/mol. The quantitative estimate of drug-likeness (QED) is 0.407. The summed E-state index contributed by atoms with van der Waals surface area (Å²) >= 11 is 1.02. The van der Waals surface area contributed by atoms with Crippen LogP contribution in [-0.4, -0.2) is 80.1 Å². The van der Waals surface area contributed by atoms with Crippen LogP contribution in [0.1, 0.15) is 41.8 Å². The third-order valence-electron chi connectivity index (χ3n) is 8.49. The van der Waals surface area contributed by atoms with Gasteiger partial charge in [-0.15, -0.1) is 11.3 Å². The highest BCUT2D eigenvalue weighted by atomic mass is 32.2. The lowest BCUT2D eigenvalue weighted by Crippen LogP contribution is -2.60. The fraction of sp³-hybridized carbons (Fsp3) is 0.433. The number of nitrogens with zero attached hydrogens (tertiary/aromatic N) is 4. The van der Waals surface area contributed by atoms with E-state index >= 15 is 0 Å². The van der Waals surface area contributed by atoms with Crippen LogP contribution in [0.3, 0.4) is 0 Å². The van der Waals surface area contributed by atoms with Gasteiger partial charge in [-0.3, -0.25) is 4.79 Å². The lowest BCUT2D eigenvalue weighted by Gasteiger charge is -2.44. The van der Waals surface area contributed by atoms with Gasteiger partial charge in [0.1, 0.15) is 21.4 Å². The molecule has 2 aromatic heterocycles. The third-order valence-corrected chi connectivity index (χ3v) is 11.4. The van der Waals surface area contributed by atoms with Gasteiger partial charge in [-0.1, -0.05) is 31.4 Å². The predicted octanol–water partition coefficient (Wildman–Crippen LogP) is 4.47. The summed E-state index contributed by atoms with van der Waals surface area (Å²) in [6, 6.07) is 10.1. The number of ether oxygens (including phenoxy) is 1. The lowest BCUT2D eigenvalue weighted by atomic mass is 9.82. The molecule has 1 N–H and O–H groups in total. The van der Waals surface area contributed by atoms with Gasteiger partial charge in [0.2, 0.25) is 15.9 Å². The molecule has 1 atom stereocenters. The average molecular weight is 629 g/mol. The molecule has 0 unspecified atom stereocenters. The van der Waals surface area contributed by atoms with Gasteiger partial charge >= 0.3 is 5.97 Å². The topological polar surface area (TPSA) is 120 Å². The van der Waals surface area contributed by atoms with Crippen LogP contribution in [0.15, 0.2) is 53.6 Å². The van der Waals surface area contributed by atoms with Crippen LogP contribution in [0, 0.1) is 11.7 Å². The molecule has 0 spiro atoms. The second-order valence-corrected chi connectivity index (χ2v) is 14.1. The molecule has 1 amide bonds. The van der Waals surface area contributed by atoms with Crippen LogP contribution < -0.4 is 9.80 Å². The summed E-state index contributed by atoms with van der Waals surface area (Å²) < 4.78 is 47.8. The van der Waals surface area contributed by atoms with E-state index < -0.39 is 40.3 Å². The van der Waals surface area contributed by atoms with Crippen LogP contribution in [0.4, 0.5) is 15.9 Å². The van der Waals surface area contributed by atoms with E-state index in [9.17, 15) is 27.5 Å². The number of thiophene rings is 1. The SMILES string of the molecule is O=C(O)c1sc(-c2ccc(F)cc2)cc1N1C(=O)CN(S(=O)(=O)c2ccc(N3CCOCC3)nc2)C[C@H]1C1CCCCC1. The molecule has 3 fully saturated rings. The fourth-order valence-electron chi connectivity index (χ4n) is 6.27. The number of halogens is 1. The number of benzene rings is 1. The zero-order valence-electron chi connectivity index (χ0n) is 23.5. The van der Waals surface area contributed by atoms with Crippen molar-refractivity contribution in [3.63, 3.8) is 0 Å². The Morgan fingerprint density at radius 3 is 2.42 bits per heavy atom. The summed E-state index contributed by atoms with van der Waals surface area (Å²) in [5, 5.41) is 10.1. The molecular weight excluding hydrogens is 595 g/mol. The van der Waals surface area contributed by atoms with Gasteiger partial charge in [0, 0.05) is 30.7 Å². The first-order chi connectivity index (χ1) is 20.7. The number of carbonyl (C=O) groups is 2. The monoisotopic (exact) mass is 628 g/mol. The van der Waals surface area contributed by atoms with Crippen molar-refractivity contribution in [2.45, 2.75) is 43.0 Å². The molecule has 3 aromatic rings. The van der Waals surface area contributed by atoms with Gasteiger partial charge in [0.25, 0.3) is 0 Å². The number of piperazine rings is 1. The van der Waals surface area contributed by atoms with E-state index in [0.717, 1.165) is 43.4 Å². The first kappa shape index (κ1) is 29.7. The highest BCUT2D eigenvalue weighted by Gasteiger charge is 2.44. The van der Waals surface area contributed by atoms with Crippen molar-refractivity contribution in [1.82, 2.24) is 9.29 Å². The van der Waals surface area contributed by atoms with Crippen LogP contribution in [-0.2, 0) is 19.6 Å². The molecule has 1 aliphatic carbocycles. The molecule has 3 aliphatic rings. The molecule has 1 saturated carbocycles. The Hall–Kier alpha value is -3.39. The summed E-state index contributed by atoms with van der Waals surface area (Å²) in [7, 11) is -4.06. The van der Waals surface area contributed by atoms with Gasteiger partial charge < -0.3 is 19.6 Å². The first-order valence-corrected chi connectivity index (χ1v) is 16.7. The maximum Gasteiger partial charge on any atom is 0.348 e. The van der Waals surface area contributed by atoms with Crippen molar-refractivity contribution in [2.75, 3.05) is 49.2 Å². The van der Waals surface area contributed by atoms with Crippen molar-refractivity contribution in [3.05, 3.63) is 59.4 Å². The standard InChI is InChI=1S/C30H33FN4O6S2/c31-22-8-6-21(7-9-22)26-16-24(29(42-26)30(37)38)35-25(20-4-2-1-3-5-20)18-34(19-28(35)36)43(39,40)23-10-11-27(32-17-23)33-12-14-41-15-13-33/h6-11,16-17,20,25H,1-5,12-15,18-19H2,(H,37,38)/t25-/m0/s1. The Labute approximate surface area is 253 Å². The number of pyridine rings is 1. The number of anilines is 2. The number of morpholine rings is 1. The Kier molecular flexibility index (Phi) is 8.49. The van der Waals surface area contributed by atoms with E-state index in [4.69, 9.17) is 4.74 Å². The molecule has 10 nitrogen and oxygen atoms in total. The molecule has 6 rings (SSSR count). The number of carboxylic acids is 1. The number of rotatable bonds is 7. The third kappa shape index (κ3) is 6.03. The normalized spacial score (nSPS) is 20.9. The molecule has 2 aliphatic heterocycles. The van der Waals surface area contributed by atoms with E-state index in [1.807, 2.05) is 4.90 Å². The van der Waals surface area contributed by atoms with Crippen LogP contribution in [0.5, 0.6) is 0 Å². The van der Waals surface area contributed by atoms with Crippen LogP contribution >= 0.6 is 11.3 Å². The molecule has 13 heteroatoms. The van der Waals surface area contributed by atoms with Crippen molar-refractivity contribution >= 4 is 44.7 Å². The Bertz CT molecular complexity index is 1580. The van der Waals surface area contributed by atoms with Crippen molar-refractivity contribution in [2.24, 2.45) is 5.92 Å². The highest BCUT2D eigenvalue weighted by molar-refractivity contribution is 7.89. The maximum atomic E-state index is 13.9. The van der Waals surface area contributed by atoms with E-state index in [0.29, 0.717) is 42.6 Å². The minimum atomic E-state index is -4.06. The van der Waals surface area contributed by atoms with Crippen molar-refractivity contribution < 1.29 is 32.2 Å². The average Bonchev–Trinajstić information content (AvgIpc) is 3.47. The summed E-state index contributed by atoms with van der Waals surface area (Å²) in [6.07, 6.45) is 5.94. The number of aromatic carboxylic acids is 1. The van der Waals surface area contributed by atoms with E-state index in [2.05, 4.69) is 4.98 Å². The number of hydrogen-bond acceptors (Lipinski definition) is 8. The van der Waals surface area contributed by atoms with Gasteiger partial charge in [-0.05, 0) is 54.7 Å². The summed E-state index contributed by atoms with van der Waals surface area (Å²) in [5.74, 6) is -1.39. The minimum Gasteiger partial charge on any atom is -0.477 e. The van der Waals surface area contributed by atoms with Gasteiger partial charge in [-0.25, -0.2) is 22.6 Å². The fourth-order valence-corrected chi connectivity index (χ4v) is 8.61. The van der Waals surface area contributed by atoms with Crippen molar-refractivity contribution in [1.29, 1.82) is 0 Å². The molecule has 0 bridgehead atoms. The number of amides is 1. The molecule has 0 radical (unpaired) electrons. The zero-order valence-corrected chi connectivity index (χ0v) is 25.2. The molecule has 4 heterocycles. The second-order valence-electron chi connectivity index (χ2n) is 11.1. The molecular formula is C30H33FN4O6S2. The van der Waals surface area contributed by atoms with Gasteiger partial charge in [0.05, 0.1) is 31.5 Å². The summed E-state index contributed by atoms with van der Waals surface area (Å²) in [6.45, 7) is 2.12. The first-order valence-electron chi connectivity index (χ1n) is 14.5. The number of carbonyl (C=O) groups excluding carboxylic acids is 1. The van der Waals surface area contributed by atoms with Crippen LogP contribution in [0.25, 0.3) is 10.4 Å². The second kappa shape index (κ2) is 12.3. The molecule has 2 saturated heterocycles. The smallest absolute Gasteiger partial charge is 0.348 e. The number of hydrogen-bond donors (Lipinski definition) is 1.